The molecule has 6 bridgehead atoms. The first kappa shape index (κ1) is 31.2. The average molecular weight is 633 g/mol. The van der Waals surface area contributed by atoms with Gasteiger partial charge in [-0.05, 0) is 102 Å². The van der Waals surface area contributed by atoms with Gasteiger partial charge in [0.25, 0.3) is 0 Å². The summed E-state index contributed by atoms with van der Waals surface area (Å²) in [6.07, 6.45) is 10.0. The van der Waals surface area contributed by atoms with E-state index in [1.807, 2.05) is 45.2 Å². The van der Waals surface area contributed by atoms with E-state index in [1.165, 1.54) is 16.7 Å². The van der Waals surface area contributed by atoms with Crippen molar-refractivity contribution >= 4 is 22.9 Å². The molecule has 2 aromatic carbocycles. The number of aromatic nitrogens is 3. The van der Waals surface area contributed by atoms with Crippen molar-refractivity contribution in [1.29, 1.82) is 0 Å². The third-order valence-electron chi connectivity index (χ3n) is 9.46. The standard InChI is InChI=1S/C39H44N4O4/c1-24-20-33-32-22-30(24)36-35(37(38(44)45)47-39(3,4)5)25(2)40-34-23-31(41-43(34)36)28-15-11-14-27(21-28)29-16-9-8-13-26(29)12-7-6-10-17-42(32)18-19-46-33/h9,11,14-16,20-23,37H,6-8,10,12-13,17-19H2,1-5H3,(H,44,45). The number of ether oxygens (including phenoxy) is 2. The molecule has 0 spiro atoms. The number of allylic oxidation sites excluding steroid dienone is 4. The monoisotopic (exact) mass is 632 g/mol. The second-order valence-electron chi connectivity index (χ2n) is 14.0. The fourth-order valence-electron chi connectivity index (χ4n) is 7.27. The van der Waals surface area contributed by atoms with Crippen LogP contribution in [0.4, 0.5) is 5.69 Å². The molecule has 2 aromatic heterocycles. The van der Waals surface area contributed by atoms with Crippen molar-refractivity contribution in [3.8, 4) is 28.3 Å². The van der Waals surface area contributed by atoms with Crippen molar-refractivity contribution in [2.45, 2.75) is 84.8 Å². The van der Waals surface area contributed by atoms with Gasteiger partial charge in [0.1, 0.15) is 12.4 Å². The maximum Gasteiger partial charge on any atom is 0.337 e. The van der Waals surface area contributed by atoms with Crippen LogP contribution in [0.1, 0.15) is 87.8 Å². The molecule has 1 aliphatic carbocycles. The fourth-order valence-corrected chi connectivity index (χ4v) is 7.27. The number of aliphatic carboxylic acids is 1. The molecule has 1 atom stereocenters. The summed E-state index contributed by atoms with van der Waals surface area (Å²) < 4.78 is 14.3. The van der Waals surface area contributed by atoms with Gasteiger partial charge in [-0.25, -0.2) is 14.3 Å². The normalized spacial score (nSPS) is 17.3. The minimum atomic E-state index is -1.25. The molecule has 7 rings (SSSR count). The number of anilines is 1. The molecular weight excluding hydrogens is 588 g/mol. The lowest BCUT2D eigenvalue weighted by Gasteiger charge is -2.33. The van der Waals surface area contributed by atoms with Crippen LogP contribution >= 0.6 is 0 Å². The molecular formula is C39H44N4O4. The molecule has 0 amide bonds. The molecule has 0 radical (unpaired) electrons. The van der Waals surface area contributed by atoms with E-state index in [2.05, 4.69) is 53.5 Å². The Morgan fingerprint density at radius 1 is 1.02 bits per heavy atom. The molecule has 4 aromatic rings. The van der Waals surface area contributed by atoms with Crippen LogP contribution in [0.2, 0.25) is 0 Å². The van der Waals surface area contributed by atoms with Crippen molar-refractivity contribution in [3.63, 3.8) is 0 Å². The number of rotatable bonds is 3. The van der Waals surface area contributed by atoms with Gasteiger partial charge in [0.2, 0.25) is 0 Å². The van der Waals surface area contributed by atoms with Crippen molar-refractivity contribution in [2.75, 3.05) is 24.6 Å². The highest BCUT2D eigenvalue weighted by atomic mass is 16.5. The van der Waals surface area contributed by atoms with Crippen LogP contribution in [0.3, 0.4) is 0 Å². The largest absolute Gasteiger partial charge is 0.490 e. The number of hydrogen-bond acceptors (Lipinski definition) is 6. The molecule has 244 valence electrons. The maximum absolute atomic E-state index is 13.0. The first-order chi connectivity index (χ1) is 22.6. The van der Waals surface area contributed by atoms with Crippen LogP contribution in [-0.2, 0) is 9.53 Å². The Kier molecular flexibility index (Phi) is 8.16. The van der Waals surface area contributed by atoms with E-state index < -0.39 is 17.7 Å². The summed E-state index contributed by atoms with van der Waals surface area (Å²) in [5.41, 5.74) is 10.4. The quantitative estimate of drug-likeness (QED) is 0.242. The molecule has 3 aliphatic rings. The Hall–Kier alpha value is -4.43. The summed E-state index contributed by atoms with van der Waals surface area (Å²) in [5, 5.41) is 15.8. The van der Waals surface area contributed by atoms with Gasteiger partial charge in [-0.1, -0.05) is 42.3 Å². The highest BCUT2D eigenvalue weighted by Crippen LogP contribution is 2.43. The lowest BCUT2D eigenvalue weighted by Crippen LogP contribution is -2.33. The molecule has 4 heterocycles. The van der Waals surface area contributed by atoms with Gasteiger partial charge in [-0.3, -0.25) is 0 Å². The topological polar surface area (TPSA) is 89.2 Å². The highest BCUT2D eigenvalue weighted by Gasteiger charge is 2.34. The predicted molar refractivity (Wildman–Crippen MR) is 186 cm³/mol. The Labute approximate surface area is 276 Å². The Morgan fingerprint density at radius 3 is 2.66 bits per heavy atom. The number of aryl methyl sites for hydroxylation is 2. The third kappa shape index (κ3) is 6.07. The van der Waals surface area contributed by atoms with Crippen molar-refractivity contribution in [1.82, 2.24) is 14.6 Å². The van der Waals surface area contributed by atoms with Gasteiger partial charge in [0.05, 0.1) is 29.2 Å². The molecule has 0 saturated heterocycles. The minimum absolute atomic E-state index is 0.506. The first-order valence-electron chi connectivity index (χ1n) is 16.9. The smallest absolute Gasteiger partial charge is 0.337 e. The summed E-state index contributed by atoms with van der Waals surface area (Å²) in [6.45, 7) is 11.9. The molecule has 2 aliphatic heterocycles. The fraction of sp³-hybridized carbons (Fsp3) is 0.410. The zero-order valence-corrected chi connectivity index (χ0v) is 28.1. The summed E-state index contributed by atoms with van der Waals surface area (Å²) in [4.78, 5) is 20.3. The van der Waals surface area contributed by atoms with Crippen LogP contribution in [0.5, 0.6) is 5.75 Å². The third-order valence-corrected chi connectivity index (χ3v) is 9.46. The summed E-state index contributed by atoms with van der Waals surface area (Å²) >= 11 is 0. The van der Waals surface area contributed by atoms with Gasteiger partial charge >= 0.3 is 5.97 Å². The van der Waals surface area contributed by atoms with Gasteiger partial charge in [0, 0.05) is 35.0 Å². The van der Waals surface area contributed by atoms with Gasteiger partial charge < -0.3 is 19.5 Å². The van der Waals surface area contributed by atoms with E-state index in [0.717, 1.165) is 85.4 Å². The zero-order chi connectivity index (χ0) is 32.9. The van der Waals surface area contributed by atoms with E-state index in [0.29, 0.717) is 29.2 Å². The van der Waals surface area contributed by atoms with Crippen molar-refractivity contribution in [3.05, 3.63) is 82.6 Å². The minimum Gasteiger partial charge on any atom is -0.490 e. The molecule has 0 fully saturated rings. The number of fused-ring (bicyclic) bond motifs is 7. The molecule has 1 N–H and O–H groups in total. The van der Waals surface area contributed by atoms with Crippen LogP contribution in [0, 0.1) is 13.8 Å². The predicted octanol–water partition coefficient (Wildman–Crippen LogP) is 8.50. The number of carbonyl (C=O) groups is 1. The van der Waals surface area contributed by atoms with Gasteiger partial charge in [0.15, 0.2) is 11.8 Å². The average Bonchev–Trinajstić information content (AvgIpc) is 3.46. The van der Waals surface area contributed by atoms with Crippen LogP contribution in [0.15, 0.2) is 60.2 Å². The second-order valence-corrected chi connectivity index (χ2v) is 14.0. The van der Waals surface area contributed by atoms with E-state index in [1.54, 1.807) is 0 Å². The number of nitrogens with zero attached hydrogens (tertiary/aromatic N) is 4. The summed E-state index contributed by atoms with van der Waals surface area (Å²) in [7, 11) is 0. The number of benzene rings is 2. The Morgan fingerprint density at radius 2 is 1.85 bits per heavy atom. The van der Waals surface area contributed by atoms with Gasteiger partial charge in [-0.2, -0.15) is 5.10 Å². The highest BCUT2D eigenvalue weighted by molar-refractivity contribution is 5.85. The lowest BCUT2D eigenvalue weighted by molar-refractivity contribution is -0.160. The maximum atomic E-state index is 13.0. The molecule has 0 saturated carbocycles. The molecule has 8 nitrogen and oxygen atoms in total. The zero-order valence-electron chi connectivity index (χ0n) is 28.1. The number of carboxylic acids is 1. The van der Waals surface area contributed by atoms with Crippen LogP contribution in [0.25, 0.3) is 33.7 Å². The molecule has 1 unspecified atom stereocenters. The Balaban J connectivity index is 1.51. The molecule has 8 heteroatoms. The number of hydrogen-bond donors (Lipinski definition) is 1. The summed E-state index contributed by atoms with van der Waals surface area (Å²) in [5.74, 6) is -0.205. The van der Waals surface area contributed by atoms with E-state index in [4.69, 9.17) is 19.6 Å². The first-order valence-corrected chi connectivity index (χ1v) is 16.9. The van der Waals surface area contributed by atoms with E-state index >= 15 is 0 Å². The van der Waals surface area contributed by atoms with Crippen molar-refractivity contribution < 1.29 is 19.4 Å². The van der Waals surface area contributed by atoms with Gasteiger partial charge in [-0.15, -0.1) is 0 Å². The Bertz CT molecular complexity index is 1930. The molecule has 47 heavy (non-hydrogen) atoms. The second kappa shape index (κ2) is 12.3. The SMILES string of the molecule is Cc1cc2c3cc1-c1c(C(OC(C)(C)C)C(=O)O)c(C)nc4cc(nn14)-c1cccc(c1)C1=C(CCC=C1)CCCCCN3CCO2. The van der Waals surface area contributed by atoms with E-state index in [9.17, 15) is 9.90 Å². The van der Waals surface area contributed by atoms with Crippen molar-refractivity contribution in [2.24, 2.45) is 0 Å². The summed E-state index contributed by atoms with van der Waals surface area (Å²) in [6, 6.07) is 14.9. The van der Waals surface area contributed by atoms with Crippen LogP contribution in [-0.4, -0.2) is 51.0 Å². The lowest BCUT2D eigenvalue weighted by atomic mass is 9.88. The van der Waals surface area contributed by atoms with E-state index in [-0.39, 0.29) is 0 Å². The number of carboxylic acid groups (broad SMARTS) is 1. The van der Waals surface area contributed by atoms with Crippen LogP contribution < -0.4 is 9.64 Å².